The van der Waals surface area contributed by atoms with Crippen molar-refractivity contribution in [2.75, 3.05) is 33.4 Å². The van der Waals surface area contributed by atoms with Crippen LogP contribution >= 0.6 is 0 Å². The van der Waals surface area contributed by atoms with Crippen molar-refractivity contribution in [3.8, 4) is 11.5 Å². The number of nitrogens with zero attached hydrogens (tertiary/aromatic N) is 2. The molecule has 1 saturated heterocycles. The smallest absolute Gasteiger partial charge is 0.160 e. The Labute approximate surface area is 144 Å². The molecule has 1 aromatic rings. The van der Waals surface area contributed by atoms with Crippen LogP contribution < -0.4 is 4.74 Å². The third-order valence-corrected chi connectivity index (χ3v) is 5.52. The Kier molecular flexibility index (Phi) is 5.98. The molecule has 1 aliphatic heterocycles. The van der Waals surface area contributed by atoms with E-state index in [0.717, 1.165) is 44.2 Å². The van der Waals surface area contributed by atoms with Gasteiger partial charge in [-0.2, -0.15) is 0 Å². The molecule has 5 heteroatoms. The molecule has 1 aliphatic carbocycles. The number of phenols is 1. The summed E-state index contributed by atoms with van der Waals surface area (Å²) in [6, 6.07) is 6.75. The second-order valence-corrected chi connectivity index (χ2v) is 7.08. The van der Waals surface area contributed by atoms with Crippen molar-refractivity contribution in [2.45, 2.75) is 50.7 Å². The van der Waals surface area contributed by atoms with Gasteiger partial charge in [0.25, 0.3) is 0 Å². The molecular weight excluding hydrogens is 304 g/mol. The summed E-state index contributed by atoms with van der Waals surface area (Å²) in [5, 5.41) is 19.2. The number of hydrogen-bond acceptors (Lipinski definition) is 5. The molecule has 134 valence electrons. The number of benzene rings is 1. The van der Waals surface area contributed by atoms with Gasteiger partial charge in [0.2, 0.25) is 0 Å². The first-order chi connectivity index (χ1) is 11.7. The number of aromatic hydroxyl groups is 1. The summed E-state index contributed by atoms with van der Waals surface area (Å²) in [4.78, 5) is 5.11. The number of aliphatic hydroxyl groups excluding tert-OH is 1. The number of hydrogen-bond donors (Lipinski definition) is 2. The van der Waals surface area contributed by atoms with Crippen LogP contribution in [0.5, 0.6) is 11.5 Å². The normalized spacial score (nSPS) is 23.7. The van der Waals surface area contributed by atoms with Crippen LogP contribution in [0.25, 0.3) is 0 Å². The van der Waals surface area contributed by atoms with Crippen molar-refractivity contribution in [2.24, 2.45) is 0 Å². The Bertz CT molecular complexity index is 531. The van der Waals surface area contributed by atoms with Crippen molar-refractivity contribution >= 4 is 0 Å². The first-order valence-electron chi connectivity index (χ1n) is 9.16. The second-order valence-electron chi connectivity index (χ2n) is 7.08. The lowest BCUT2D eigenvalue weighted by Crippen LogP contribution is -2.55. The summed E-state index contributed by atoms with van der Waals surface area (Å²) in [7, 11) is 1.58. The largest absolute Gasteiger partial charge is 0.504 e. The zero-order valence-corrected chi connectivity index (χ0v) is 14.7. The lowest BCUT2D eigenvalue weighted by Gasteiger charge is -2.44. The minimum absolute atomic E-state index is 0.186. The standard InChI is InChI=1S/C19H30N2O3/c1-24-19-12-15(6-7-18(19)23)13-20-9-10-21(16-4-2-3-5-16)17(14-20)8-11-22/h6-7,12,16-17,22-23H,2-5,8-11,13-14H2,1H3. The highest BCUT2D eigenvalue weighted by molar-refractivity contribution is 5.41. The third-order valence-electron chi connectivity index (χ3n) is 5.52. The van der Waals surface area contributed by atoms with E-state index in [4.69, 9.17) is 4.74 Å². The van der Waals surface area contributed by atoms with Crippen molar-refractivity contribution in [1.82, 2.24) is 9.80 Å². The number of aliphatic hydroxyl groups is 1. The zero-order valence-electron chi connectivity index (χ0n) is 14.7. The number of methoxy groups -OCH3 is 1. The first kappa shape index (κ1) is 17.5. The fraction of sp³-hybridized carbons (Fsp3) is 0.684. The topological polar surface area (TPSA) is 56.2 Å². The summed E-state index contributed by atoms with van der Waals surface area (Å²) in [6.45, 7) is 4.26. The lowest BCUT2D eigenvalue weighted by molar-refractivity contribution is 0.0267. The molecule has 0 spiro atoms. The molecule has 3 rings (SSSR count). The maximum Gasteiger partial charge on any atom is 0.160 e. The van der Waals surface area contributed by atoms with Crippen LogP contribution in [0, 0.1) is 0 Å². The van der Waals surface area contributed by atoms with Gasteiger partial charge in [-0.05, 0) is 37.0 Å². The van der Waals surface area contributed by atoms with E-state index < -0.39 is 0 Å². The van der Waals surface area contributed by atoms with Gasteiger partial charge in [-0.25, -0.2) is 0 Å². The summed E-state index contributed by atoms with van der Waals surface area (Å²) < 4.78 is 5.21. The van der Waals surface area contributed by atoms with Gasteiger partial charge in [0.1, 0.15) is 0 Å². The van der Waals surface area contributed by atoms with E-state index in [2.05, 4.69) is 9.80 Å². The SMILES string of the molecule is COc1cc(CN2CCN(C3CCCC3)C(CCO)C2)ccc1O. The Balaban J connectivity index is 1.63. The minimum Gasteiger partial charge on any atom is -0.504 e. The molecule has 1 saturated carbocycles. The van der Waals surface area contributed by atoms with E-state index in [0.29, 0.717) is 11.8 Å². The summed E-state index contributed by atoms with van der Waals surface area (Å²) >= 11 is 0. The molecule has 0 radical (unpaired) electrons. The highest BCUT2D eigenvalue weighted by Crippen LogP contribution is 2.30. The van der Waals surface area contributed by atoms with Gasteiger partial charge in [0.15, 0.2) is 11.5 Å². The van der Waals surface area contributed by atoms with Crippen LogP contribution in [0.15, 0.2) is 18.2 Å². The lowest BCUT2D eigenvalue weighted by atomic mass is 10.0. The van der Waals surface area contributed by atoms with Crippen molar-refractivity contribution < 1.29 is 14.9 Å². The molecule has 5 nitrogen and oxygen atoms in total. The number of phenolic OH excluding ortho intramolecular Hbond substituents is 1. The molecular formula is C19H30N2O3. The molecule has 1 heterocycles. The highest BCUT2D eigenvalue weighted by atomic mass is 16.5. The maximum absolute atomic E-state index is 9.74. The highest BCUT2D eigenvalue weighted by Gasteiger charge is 2.32. The fourth-order valence-corrected chi connectivity index (χ4v) is 4.28. The molecule has 0 amide bonds. The third kappa shape index (κ3) is 4.02. The van der Waals surface area contributed by atoms with Gasteiger partial charge in [0.05, 0.1) is 7.11 Å². The van der Waals surface area contributed by atoms with Gasteiger partial charge in [-0.3, -0.25) is 9.80 Å². The van der Waals surface area contributed by atoms with Gasteiger partial charge in [-0.1, -0.05) is 18.9 Å². The van der Waals surface area contributed by atoms with Gasteiger partial charge in [0, 0.05) is 44.9 Å². The monoisotopic (exact) mass is 334 g/mol. The van der Waals surface area contributed by atoms with Crippen LogP contribution in [-0.2, 0) is 6.54 Å². The second kappa shape index (κ2) is 8.19. The zero-order chi connectivity index (χ0) is 16.9. The van der Waals surface area contributed by atoms with Crippen LogP contribution in [0.3, 0.4) is 0 Å². The quantitative estimate of drug-likeness (QED) is 0.835. The Morgan fingerprint density at radius 2 is 2.00 bits per heavy atom. The predicted molar refractivity (Wildman–Crippen MR) is 94.4 cm³/mol. The average molecular weight is 334 g/mol. The molecule has 0 aromatic heterocycles. The number of rotatable bonds is 6. The van der Waals surface area contributed by atoms with E-state index in [-0.39, 0.29) is 12.4 Å². The molecule has 24 heavy (non-hydrogen) atoms. The Morgan fingerprint density at radius 3 is 2.71 bits per heavy atom. The molecule has 1 unspecified atom stereocenters. The van der Waals surface area contributed by atoms with Gasteiger partial charge < -0.3 is 14.9 Å². The molecule has 2 N–H and O–H groups in total. The van der Waals surface area contributed by atoms with Crippen LogP contribution in [0.4, 0.5) is 0 Å². The van der Waals surface area contributed by atoms with Crippen molar-refractivity contribution in [3.05, 3.63) is 23.8 Å². The maximum atomic E-state index is 9.74. The molecule has 2 aliphatic rings. The molecule has 1 aromatic carbocycles. The van der Waals surface area contributed by atoms with E-state index in [1.807, 2.05) is 12.1 Å². The van der Waals surface area contributed by atoms with Crippen LogP contribution in [0.1, 0.15) is 37.7 Å². The predicted octanol–water partition coefficient (Wildman–Crippen LogP) is 2.21. The van der Waals surface area contributed by atoms with E-state index in [1.54, 1.807) is 13.2 Å². The van der Waals surface area contributed by atoms with E-state index in [1.165, 1.54) is 25.7 Å². The average Bonchev–Trinajstić information content (AvgIpc) is 3.11. The molecule has 1 atom stereocenters. The summed E-state index contributed by atoms with van der Waals surface area (Å²) in [6.07, 6.45) is 6.19. The minimum atomic E-state index is 0.186. The van der Waals surface area contributed by atoms with Crippen LogP contribution in [-0.4, -0.2) is 65.4 Å². The molecule has 0 bridgehead atoms. The molecule has 2 fully saturated rings. The van der Waals surface area contributed by atoms with E-state index >= 15 is 0 Å². The Morgan fingerprint density at radius 1 is 1.21 bits per heavy atom. The van der Waals surface area contributed by atoms with Crippen LogP contribution in [0.2, 0.25) is 0 Å². The summed E-state index contributed by atoms with van der Waals surface area (Å²) in [5.41, 5.74) is 1.15. The summed E-state index contributed by atoms with van der Waals surface area (Å²) in [5.74, 6) is 0.717. The van der Waals surface area contributed by atoms with Gasteiger partial charge >= 0.3 is 0 Å². The van der Waals surface area contributed by atoms with Gasteiger partial charge in [-0.15, -0.1) is 0 Å². The van der Waals surface area contributed by atoms with Crippen molar-refractivity contribution in [3.63, 3.8) is 0 Å². The van der Waals surface area contributed by atoms with E-state index in [9.17, 15) is 10.2 Å². The fourth-order valence-electron chi connectivity index (χ4n) is 4.28. The number of ether oxygens (including phenoxy) is 1. The number of piperazine rings is 1. The van der Waals surface area contributed by atoms with Crippen molar-refractivity contribution in [1.29, 1.82) is 0 Å². The first-order valence-corrected chi connectivity index (χ1v) is 9.16. The Hall–Kier alpha value is -1.30.